The third kappa shape index (κ3) is 4.93. The fraction of sp³-hybridized carbons (Fsp3) is 0. The molecule has 6 rings (SSSR count). The molecule has 0 radical (unpaired) electrons. The topological polar surface area (TPSA) is 102 Å². The highest BCUT2D eigenvalue weighted by atomic mass is 19.1. The molecule has 6 aromatic rings. The summed E-state index contributed by atoms with van der Waals surface area (Å²) in [5.41, 5.74) is 2.00. The van der Waals surface area contributed by atoms with E-state index in [1.807, 2.05) is 0 Å². The van der Waals surface area contributed by atoms with Gasteiger partial charge in [-0.3, -0.25) is 14.2 Å². The van der Waals surface area contributed by atoms with Crippen LogP contribution >= 0.6 is 0 Å². The molecule has 196 valence electrons. The number of carbonyl (C=O) groups is 1. The Morgan fingerprint density at radius 3 is 2.30 bits per heavy atom. The number of imidazole rings is 1. The summed E-state index contributed by atoms with van der Waals surface area (Å²) >= 11 is 0. The van der Waals surface area contributed by atoms with Crippen LogP contribution in [0.4, 0.5) is 14.5 Å². The fourth-order valence-corrected chi connectivity index (χ4v) is 4.12. The number of ether oxygens (including phenoxy) is 1. The molecule has 8 nitrogen and oxygen atoms in total. The summed E-state index contributed by atoms with van der Waals surface area (Å²) in [5.74, 6) is 0.140. The maximum Gasteiger partial charge on any atom is 0.267 e. The Morgan fingerprint density at radius 1 is 0.875 bits per heavy atom. The van der Waals surface area contributed by atoms with Crippen molar-refractivity contribution in [2.24, 2.45) is 0 Å². The summed E-state index contributed by atoms with van der Waals surface area (Å²) in [5, 5.41) is 2.71. The van der Waals surface area contributed by atoms with Crippen LogP contribution in [-0.4, -0.2) is 25.4 Å². The van der Waals surface area contributed by atoms with Gasteiger partial charge in [-0.15, -0.1) is 0 Å². The molecule has 2 N–H and O–H groups in total. The van der Waals surface area contributed by atoms with Crippen LogP contribution in [0, 0.1) is 11.6 Å². The average Bonchev–Trinajstić information content (AvgIpc) is 3.41. The molecular weight excluding hydrogens is 516 g/mol. The van der Waals surface area contributed by atoms with Crippen molar-refractivity contribution in [2.45, 2.75) is 0 Å². The van der Waals surface area contributed by atoms with Crippen molar-refractivity contribution in [1.82, 2.24) is 19.5 Å². The summed E-state index contributed by atoms with van der Waals surface area (Å²) in [4.78, 5) is 37.7. The number of benzene rings is 3. The average molecular weight is 536 g/mol. The number of aromatic nitrogens is 4. The van der Waals surface area contributed by atoms with Gasteiger partial charge in [0.25, 0.3) is 11.5 Å². The molecule has 10 heteroatoms. The van der Waals surface area contributed by atoms with Crippen LogP contribution in [0.3, 0.4) is 0 Å². The fourth-order valence-electron chi connectivity index (χ4n) is 4.12. The number of amides is 1. The van der Waals surface area contributed by atoms with Gasteiger partial charge < -0.3 is 15.0 Å². The van der Waals surface area contributed by atoms with Gasteiger partial charge in [0.05, 0.1) is 0 Å². The number of fused-ring (bicyclic) bond motifs is 1. The highest BCUT2D eigenvalue weighted by molar-refractivity contribution is 6.04. The van der Waals surface area contributed by atoms with Crippen LogP contribution < -0.4 is 15.6 Å². The van der Waals surface area contributed by atoms with E-state index in [4.69, 9.17) is 4.74 Å². The van der Waals surface area contributed by atoms with Crippen molar-refractivity contribution in [1.29, 1.82) is 0 Å². The van der Waals surface area contributed by atoms with Gasteiger partial charge in [-0.1, -0.05) is 0 Å². The molecular formula is C30H19F2N5O3. The first-order valence-corrected chi connectivity index (χ1v) is 12.1. The number of pyridine rings is 2. The monoisotopic (exact) mass is 535 g/mol. The molecule has 0 bridgehead atoms. The number of nitrogens with one attached hydrogen (secondary N) is 2. The Bertz CT molecular complexity index is 1900. The minimum Gasteiger partial charge on any atom is -0.455 e. The number of aromatic amines is 1. The quantitative estimate of drug-likeness (QED) is 0.268. The molecule has 0 aliphatic carbocycles. The molecule has 3 aromatic carbocycles. The zero-order valence-electron chi connectivity index (χ0n) is 20.6. The third-order valence-electron chi connectivity index (χ3n) is 6.11. The highest BCUT2D eigenvalue weighted by Crippen LogP contribution is 2.30. The van der Waals surface area contributed by atoms with Gasteiger partial charge in [0.15, 0.2) is 11.4 Å². The number of carbonyl (C=O) groups excluding carboxylic acids is 1. The van der Waals surface area contributed by atoms with Crippen molar-refractivity contribution in [3.63, 3.8) is 0 Å². The summed E-state index contributed by atoms with van der Waals surface area (Å²) in [6.07, 6.45) is 3.08. The lowest BCUT2D eigenvalue weighted by atomic mass is 10.2. The van der Waals surface area contributed by atoms with E-state index in [0.29, 0.717) is 45.4 Å². The second kappa shape index (κ2) is 10.3. The summed E-state index contributed by atoms with van der Waals surface area (Å²) in [6.45, 7) is 0. The van der Waals surface area contributed by atoms with Crippen molar-refractivity contribution in [3.05, 3.63) is 131 Å². The smallest absolute Gasteiger partial charge is 0.267 e. The van der Waals surface area contributed by atoms with Crippen molar-refractivity contribution in [3.8, 4) is 28.6 Å². The Kier molecular flexibility index (Phi) is 6.33. The minimum absolute atomic E-state index is 0.0671. The first-order chi connectivity index (χ1) is 19.4. The molecule has 0 saturated heterocycles. The molecule has 1 amide bonds. The van der Waals surface area contributed by atoms with E-state index in [2.05, 4.69) is 20.3 Å². The van der Waals surface area contributed by atoms with E-state index in [0.717, 1.165) is 0 Å². The van der Waals surface area contributed by atoms with Crippen LogP contribution in [0.25, 0.3) is 28.2 Å². The molecule has 0 fully saturated rings. The second-order valence-electron chi connectivity index (χ2n) is 8.75. The van der Waals surface area contributed by atoms with Gasteiger partial charge in [-0.2, -0.15) is 0 Å². The number of hydrogen-bond donors (Lipinski definition) is 2. The molecule has 0 spiro atoms. The molecule has 0 unspecified atom stereocenters. The number of nitrogens with zero attached hydrogens (tertiary/aromatic N) is 3. The number of rotatable bonds is 6. The minimum atomic E-state index is -0.586. The van der Waals surface area contributed by atoms with Crippen molar-refractivity contribution < 1.29 is 18.3 Å². The molecule has 3 heterocycles. The van der Waals surface area contributed by atoms with Crippen LogP contribution in [0.15, 0.2) is 108 Å². The third-order valence-corrected chi connectivity index (χ3v) is 6.11. The predicted octanol–water partition coefficient (Wildman–Crippen LogP) is 6.10. The van der Waals surface area contributed by atoms with E-state index >= 15 is 0 Å². The van der Waals surface area contributed by atoms with E-state index in [1.54, 1.807) is 54.7 Å². The second-order valence-corrected chi connectivity index (χ2v) is 8.75. The van der Waals surface area contributed by atoms with Gasteiger partial charge in [0.1, 0.15) is 34.3 Å². The van der Waals surface area contributed by atoms with Gasteiger partial charge in [-0.25, -0.2) is 18.7 Å². The first-order valence-electron chi connectivity index (χ1n) is 12.1. The van der Waals surface area contributed by atoms with Crippen LogP contribution in [-0.2, 0) is 0 Å². The Balaban J connectivity index is 1.19. The molecule has 0 aliphatic heterocycles. The Labute approximate surface area is 225 Å². The molecule has 0 aliphatic rings. The van der Waals surface area contributed by atoms with Gasteiger partial charge in [-0.05, 0) is 84.9 Å². The lowest BCUT2D eigenvalue weighted by Crippen LogP contribution is -2.27. The predicted molar refractivity (Wildman–Crippen MR) is 146 cm³/mol. The maximum absolute atomic E-state index is 13.3. The summed E-state index contributed by atoms with van der Waals surface area (Å²) in [6, 6.07) is 22.7. The molecule has 3 aromatic heterocycles. The van der Waals surface area contributed by atoms with E-state index in [-0.39, 0.29) is 11.4 Å². The molecule has 0 saturated carbocycles. The van der Waals surface area contributed by atoms with Crippen LogP contribution in [0.5, 0.6) is 11.5 Å². The number of halogens is 2. The van der Waals surface area contributed by atoms with Gasteiger partial charge >= 0.3 is 0 Å². The number of H-pyrrole nitrogens is 1. The summed E-state index contributed by atoms with van der Waals surface area (Å²) < 4.78 is 33.9. The molecule has 0 atom stereocenters. The lowest BCUT2D eigenvalue weighted by molar-refractivity contribution is 0.102. The lowest BCUT2D eigenvalue weighted by Gasteiger charge is -2.10. The van der Waals surface area contributed by atoms with E-state index < -0.39 is 17.3 Å². The zero-order valence-corrected chi connectivity index (χ0v) is 20.6. The van der Waals surface area contributed by atoms with Crippen LogP contribution in [0.1, 0.15) is 10.4 Å². The zero-order chi connectivity index (χ0) is 27.6. The largest absolute Gasteiger partial charge is 0.455 e. The van der Waals surface area contributed by atoms with Crippen LogP contribution in [0.2, 0.25) is 0 Å². The number of anilines is 1. The SMILES string of the molecule is O=C(Nc1ccc(Oc2ccnc3nc(-c4ccc(F)cc4)[nH]c23)cc1)c1cccn(-c2ccc(F)cc2)c1=O. The normalized spacial score (nSPS) is 10.9. The molecule has 40 heavy (non-hydrogen) atoms. The Hall–Kier alpha value is -5.64. The standard InChI is InChI=1S/C30H19F2N5O3/c31-19-5-3-18(4-6-19)27-35-26-25(15-16-33-28(26)36-27)40-23-13-9-21(10-14-23)34-29(38)24-2-1-17-37(30(24)39)22-11-7-20(32)8-12-22/h1-17H,(H,34,38)(H,33,35,36). The van der Waals surface area contributed by atoms with E-state index in [1.165, 1.54) is 53.2 Å². The van der Waals surface area contributed by atoms with Gasteiger partial charge in [0, 0.05) is 35.4 Å². The first kappa shape index (κ1) is 24.7. The van der Waals surface area contributed by atoms with Crippen molar-refractivity contribution in [2.75, 3.05) is 5.32 Å². The Morgan fingerprint density at radius 2 is 1.57 bits per heavy atom. The van der Waals surface area contributed by atoms with Crippen molar-refractivity contribution >= 4 is 22.8 Å². The van der Waals surface area contributed by atoms with Gasteiger partial charge in [0.2, 0.25) is 0 Å². The number of hydrogen-bond acceptors (Lipinski definition) is 5. The van der Waals surface area contributed by atoms with E-state index in [9.17, 15) is 18.4 Å². The maximum atomic E-state index is 13.3. The highest BCUT2D eigenvalue weighted by Gasteiger charge is 2.15. The summed E-state index contributed by atoms with van der Waals surface area (Å²) in [7, 11) is 0.